The lowest BCUT2D eigenvalue weighted by Gasteiger charge is -1.97. The van der Waals surface area contributed by atoms with E-state index in [-0.39, 0.29) is 0 Å². The highest BCUT2D eigenvalue weighted by molar-refractivity contribution is 6.33. The number of hydrogen-bond donors (Lipinski definition) is 0. The van der Waals surface area contributed by atoms with Crippen LogP contribution in [0.1, 0.15) is 22.3 Å². The first-order valence-corrected chi connectivity index (χ1v) is 4.44. The summed E-state index contributed by atoms with van der Waals surface area (Å²) < 4.78 is 0. The summed E-state index contributed by atoms with van der Waals surface area (Å²) in [7, 11) is 0. The lowest BCUT2D eigenvalue weighted by molar-refractivity contribution is 0.112. The van der Waals surface area contributed by atoms with Crippen molar-refractivity contribution in [3.05, 3.63) is 40.4 Å². The molecule has 0 bridgehead atoms. The number of carbonyl (C=O) groups is 1. The molecule has 1 rings (SSSR count). The van der Waals surface area contributed by atoms with Crippen LogP contribution in [0.4, 0.5) is 0 Å². The molecule has 0 N–H and O–H groups in total. The highest BCUT2D eigenvalue weighted by atomic mass is 35.5. The van der Waals surface area contributed by atoms with Crippen LogP contribution in [-0.2, 0) is 0 Å². The van der Waals surface area contributed by atoms with Gasteiger partial charge < -0.3 is 0 Å². The first-order valence-electron chi connectivity index (χ1n) is 4.06. The SMILES string of the molecule is N#CCC=Cc1ccc(C=O)c(Cl)c1. The second kappa shape index (κ2) is 5.21. The summed E-state index contributed by atoms with van der Waals surface area (Å²) in [5.74, 6) is 0. The Labute approximate surface area is 87.4 Å². The predicted molar refractivity (Wildman–Crippen MR) is 56.1 cm³/mol. The zero-order valence-electron chi connectivity index (χ0n) is 7.40. The lowest BCUT2D eigenvalue weighted by Crippen LogP contribution is -1.82. The molecular weight excluding hydrogens is 198 g/mol. The fourth-order valence-corrected chi connectivity index (χ4v) is 1.22. The quantitative estimate of drug-likeness (QED) is 0.712. The number of benzene rings is 1. The van der Waals surface area contributed by atoms with Crippen molar-refractivity contribution in [3.63, 3.8) is 0 Å². The molecule has 0 aliphatic carbocycles. The van der Waals surface area contributed by atoms with Gasteiger partial charge in [-0.15, -0.1) is 0 Å². The van der Waals surface area contributed by atoms with Gasteiger partial charge in [-0.25, -0.2) is 0 Å². The third-order valence-corrected chi connectivity index (χ3v) is 2.00. The molecule has 0 aromatic heterocycles. The Morgan fingerprint density at radius 1 is 1.50 bits per heavy atom. The van der Waals surface area contributed by atoms with Gasteiger partial charge in [0.05, 0.1) is 17.5 Å². The van der Waals surface area contributed by atoms with E-state index in [9.17, 15) is 4.79 Å². The molecule has 0 aliphatic heterocycles. The number of allylic oxidation sites excluding steroid dienone is 1. The number of carbonyl (C=O) groups excluding carboxylic acids is 1. The van der Waals surface area contributed by atoms with Crippen LogP contribution in [0.25, 0.3) is 6.08 Å². The summed E-state index contributed by atoms with van der Waals surface area (Å²) in [5.41, 5.74) is 1.36. The van der Waals surface area contributed by atoms with Crippen LogP contribution in [0.2, 0.25) is 5.02 Å². The molecule has 0 fully saturated rings. The Balaban J connectivity index is 2.87. The zero-order chi connectivity index (χ0) is 10.4. The molecule has 2 nitrogen and oxygen atoms in total. The molecule has 0 unspecified atom stereocenters. The van der Waals surface area contributed by atoms with E-state index in [4.69, 9.17) is 16.9 Å². The van der Waals surface area contributed by atoms with Gasteiger partial charge in [-0.05, 0) is 17.7 Å². The van der Waals surface area contributed by atoms with Gasteiger partial charge in [0.2, 0.25) is 0 Å². The summed E-state index contributed by atoms with van der Waals surface area (Å²) in [5, 5.41) is 8.74. The molecule has 0 aliphatic rings. The van der Waals surface area contributed by atoms with Crippen LogP contribution >= 0.6 is 11.6 Å². The Kier molecular flexibility index (Phi) is 3.90. The lowest BCUT2D eigenvalue weighted by atomic mass is 10.1. The second-order valence-corrected chi connectivity index (χ2v) is 3.07. The summed E-state index contributed by atoms with van der Waals surface area (Å²) in [6, 6.07) is 7.13. The standard InChI is InChI=1S/C11H8ClNO/c12-11-7-9(3-1-2-6-13)4-5-10(11)8-14/h1,3-5,7-8H,2H2. The van der Waals surface area contributed by atoms with Gasteiger partial charge in [0, 0.05) is 5.56 Å². The van der Waals surface area contributed by atoms with E-state index < -0.39 is 0 Å². The number of nitrogens with zero attached hydrogens (tertiary/aromatic N) is 1. The first-order chi connectivity index (χ1) is 6.77. The van der Waals surface area contributed by atoms with Crippen LogP contribution in [-0.4, -0.2) is 6.29 Å². The van der Waals surface area contributed by atoms with Crippen LogP contribution in [0.3, 0.4) is 0 Å². The molecule has 0 saturated heterocycles. The van der Waals surface area contributed by atoms with Crippen LogP contribution < -0.4 is 0 Å². The average Bonchev–Trinajstić information content (AvgIpc) is 2.18. The maximum atomic E-state index is 10.5. The number of halogens is 1. The molecule has 0 amide bonds. The number of rotatable bonds is 3. The highest BCUT2D eigenvalue weighted by Crippen LogP contribution is 2.17. The fourth-order valence-electron chi connectivity index (χ4n) is 0.990. The summed E-state index contributed by atoms with van der Waals surface area (Å²) >= 11 is 5.81. The van der Waals surface area contributed by atoms with Crippen molar-refractivity contribution in [2.75, 3.05) is 0 Å². The maximum Gasteiger partial charge on any atom is 0.151 e. The van der Waals surface area contributed by atoms with Crippen molar-refractivity contribution in [1.82, 2.24) is 0 Å². The topological polar surface area (TPSA) is 40.9 Å². The summed E-state index contributed by atoms with van der Waals surface area (Å²) in [6.45, 7) is 0. The monoisotopic (exact) mass is 205 g/mol. The molecule has 1 aromatic carbocycles. The third kappa shape index (κ3) is 2.72. The van der Waals surface area contributed by atoms with Gasteiger partial charge >= 0.3 is 0 Å². The molecule has 70 valence electrons. The zero-order valence-corrected chi connectivity index (χ0v) is 8.16. The minimum absolute atomic E-state index is 0.368. The van der Waals surface area contributed by atoms with Crippen molar-refractivity contribution in [2.24, 2.45) is 0 Å². The normalized spacial score (nSPS) is 10.0. The van der Waals surface area contributed by atoms with Crippen LogP contribution in [0, 0.1) is 11.3 Å². The fraction of sp³-hybridized carbons (Fsp3) is 0.0909. The van der Waals surface area contributed by atoms with E-state index in [1.807, 2.05) is 6.07 Å². The van der Waals surface area contributed by atoms with Gasteiger partial charge in [-0.3, -0.25) is 4.79 Å². The van der Waals surface area contributed by atoms with E-state index in [0.29, 0.717) is 23.3 Å². The Morgan fingerprint density at radius 3 is 2.86 bits per heavy atom. The van der Waals surface area contributed by atoms with Crippen molar-refractivity contribution >= 4 is 24.0 Å². The molecule has 14 heavy (non-hydrogen) atoms. The largest absolute Gasteiger partial charge is 0.298 e. The maximum absolute atomic E-state index is 10.5. The summed E-state index contributed by atoms with van der Waals surface area (Å²) in [4.78, 5) is 10.5. The Bertz CT molecular complexity index is 404. The van der Waals surface area contributed by atoms with Gasteiger partial charge in [0.1, 0.15) is 0 Å². The van der Waals surface area contributed by atoms with E-state index in [1.54, 1.807) is 30.4 Å². The van der Waals surface area contributed by atoms with Crippen LogP contribution in [0.15, 0.2) is 24.3 Å². The van der Waals surface area contributed by atoms with E-state index in [2.05, 4.69) is 0 Å². The molecule has 0 heterocycles. The number of nitriles is 1. The Hall–Kier alpha value is -1.59. The summed E-state index contributed by atoms with van der Waals surface area (Å²) in [6.07, 6.45) is 4.62. The molecule has 0 spiro atoms. The van der Waals surface area contributed by atoms with E-state index in [0.717, 1.165) is 5.56 Å². The molecule has 0 atom stereocenters. The predicted octanol–water partition coefficient (Wildman–Crippen LogP) is 3.08. The Morgan fingerprint density at radius 2 is 2.29 bits per heavy atom. The first kappa shape index (κ1) is 10.5. The molecule has 0 saturated carbocycles. The van der Waals surface area contributed by atoms with Crippen molar-refractivity contribution in [3.8, 4) is 6.07 Å². The van der Waals surface area contributed by atoms with Gasteiger partial charge in [-0.1, -0.05) is 29.8 Å². The van der Waals surface area contributed by atoms with Gasteiger partial charge in [0.15, 0.2) is 6.29 Å². The van der Waals surface area contributed by atoms with Crippen molar-refractivity contribution in [1.29, 1.82) is 5.26 Å². The minimum atomic E-state index is 0.368. The molecule has 1 aromatic rings. The van der Waals surface area contributed by atoms with Crippen LogP contribution in [0.5, 0.6) is 0 Å². The molecule has 0 radical (unpaired) electrons. The number of aldehydes is 1. The number of hydrogen-bond acceptors (Lipinski definition) is 2. The average molecular weight is 206 g/mol. The third-order valence-electron chi connectivity index (χ3n) is 1.67. The minimum Gasteiger partial charge on any atom is -0.298 e. The van der Waals surface area contributed by atoms with E-state index >= 15 is 0 Å². The van der Waals surface area contributed by atoms with E-state index in [1.165, 1.54) is 0 Å². The van der Waals surface area contributed by atoms with Crippen molar-refractivity contribution < 1.29 is 4.79 Å². The molecule has 3 heteroatoms. The second-order valence-electron chi connectivity index (χ2n) is 2.66. The van der Waals surface area contributed by atoms with Gasteiger partial charge in [-0.2, -0.15) is 5.26 Å². The smallest absolute Gasteiger partial charge is 0.151 e. The van der Waals surface area contributed by atoms with Crippen molar-refractivity contribution in [2.45, 2.75) is 6.42 Å². The molecular formula is C11H8ClNO. The van der Waals surface area contributed by atoms with Gasteiger partial charge in [0.25, 0.3) is 0 Å². The highest BCUT2D eigenvalue weighted by Gasteiger charge is 1.97.